The van der Waals surface area contributed by atoms with Gasteiger partial charge in [-0.25, -0.2) is 0 Å². The van der Waals surface area contributed by atoms with Crippen molar-refractivity contribution in [3.8, 4) is 0 Å². The minimum Gasteiger partial charge on any atom is -0.461 e. The van der Waals surface area contributed by atoms with Gasteiger partial charge < -0.3 is 4.74 Å². The van der Waals surface area contributed by atoms with Gasteiger partial charge in [0.1, 0.15) is 6.10 Å². The van der Waals surface area contributed by atoms with E-state index in [0.29, 0.717) is 5.92 Å². The summed E-state index contributed by atoms with van der Waals surface area (Å²) in [5.41, 5.74) is 2.81. The minimum atomic E-state index is 0.00801. The number of hydrogen-bond acceptors (Lipinski definition) is 2. The van der Waals surface area contributed by atoms with Crippen LogP contribution in [-0.2, 0) is 9.53 Å². The van der Waals surface area contributed by atoms with Gasteiger partial charge in [0, 0.05) is 12.8 Å². The summed E-state index contributed by atoms with van der Waals surface area (Å²) in [5, 5.41) is 0. The zero-order chi connectivity index (χ0) is 14.9. The largest absolute Gasteiger partial charge is 0.461 e. The van der Waals surface area contributed by atoms with E-state index in [2.05, 4.69) is 46.8 Å². The van der Waals surface area contributed by atoms with E-state index in [1.807, 2.05) is 0 Å². The normalized spacial score (nSPS) is 30.6. The smallest absolute Gasteiger partial charge is 0.310 e. The van der Waals surface area contributed by atoms with Gasteiger partial charge in [-0.1, -0.05) is 50.5 Å². The first kappa shape index (κ1) is 15.3. The number of carbonyl (C=O) groups is 1. The zero-order valence-electron chi connectivity index (χ0n) is 13.5. The summed E-state index contributed by atoms with van der Waals surface area (Å²) in [4.78, 5) is 12.4. The maximum Gasteiger partial charge on any atom is 0.310 e. The molecular weight excluding hydrogens is 248 g/mol. The second-order valence-corrected chi connectivity index (χ2v) is 7.18. The lowest BCUT2D eigenvalue weighted by Crippen LogP contribution is -2.18. The van der Waals surface area contributed by atoms with Gasteiger partial charge in [0.15, 0.2) is 0 Å². The number of rotatable bonds is 5. The summed E-state index contributed by atoms with van der Waals surface area (Å²) in [7, 11) is 0. The molecule has 1 saturated carbocycles. The molecule has 0 aromatic heterocycles. The molecular formula is C18H28O2. The molecule has 2 rings (SSSR count). The highest BCUT2D eigenvalue weighted by atomic mass is 16.5. The third kappa shape index (κ3) is 3.16. The Morgan fingerprint density at radius 2 is 2.15 bits per heavy atom. The molecule has 1 fully saturated rings. The number of ether oxygens (including phenoxy) is 1. The fourth-order valence-electron chi connectivity index (χ4n) is 3.41. The fraction of sp³-hybridized carbons (Fsp3) is 0.722. The molecule has 2 heteroatoms. The van der Waals surface area contributed by atoms with Crippen LogP contribution in [0.15, 0.2) is 23.3 Å². The van der Waals surface area contributed by atoms with Gasteiger partial charge in [-0.05, 0) is 31.6 Å². The number of esters is 1. The summed E-state index contributed by atoms with van der Waals surface area (Å²) < 4.78 is 5.74. The van der Waals surface area contributed by atoms with Crippen LogP contribution in [0.5, 0.6) is 0 Å². The molecule has 2 aliphatic carbocycles. The lowest BCUT2D eigenvalue weighted by molar-refractivity contribution is -0.151. The Kier molecular flexibility index (Phi) is 4.41. The lowest BCUT2D eigenvalue weighted by atomic mass is 10.1. The first-order valence-corrected chi connectivity index (χ1v) is 7.89. The van der Waals surface area contributed by atoms with Crippen molar-refractivity contribution < 1.29 is 9.53 Å². The molecule has 2 aliphatic rings. The van der Waals surface area contributed by atoms with Crippen molar-refractivity contribution >= 4 is 5.97 Å². The van der Waals surface area contributed by atoms with Crippen LogP contribution in [0.4, 0.5) is 0 Å². The summed E-state index contributed by atoms with van der Waals surface area (Å²) in [6, 6.07) is 0. The van der Waals surface area contributed by atoms with Gasteiger partial charge in [-0.15, -0.1) is 0 Å². The van der Waals surface area contributed by atoms with Gasteiger partial charge in [0.25, 0.3) is 0 Å². The Labute approximate surface area is 123 Å². The summed E-state index contributed by atoms with van der Waals surface area (Å²) >= 11 is 0. The standard InChI is InChI=1S/C18H28O2/c1-6-7-13-8-9-14(11-13)20-17(19)16-15(10-12(2)3)18(16,4)5/h8,10,14-16H,6-7,9,11H2,1-5H3/t14?,15?,16-/m0/s1. The van der Waals surface area contributed by atoms with Crippen molar-refractivity contribution in [3.63, 3.8) is 0 Å². The van der Waals surface area contributed by atoms with E-state index >= 15 is 0 Å². The highest BCUT2D eigenvalue weighted by Gasteiger charge is 2.61. The fourth-order valence-corrected chi connectivity index (χ4v) is 3.41. The molecule has 0 heterocycles. The van der Waals surface area contributed by atoms with Crippen LogP contribution in [0, 0.1) is 17.3 Å². The Bertz CT molecular complexity index is 438. The molecule has 2 nitrogen and oxygen atoms in total. The average Bonchev–Trinajstić information content (AvgIpc) is 2.70. The minimum absolute atomic E-state index is 0.00801. The van der Waals surface area contributed by atoms with Gasteiger partial charge >= 0.3 is 5.97 Å². The highest BCUT2D eigenvalue weighted by molar-refractivity contribution is 5.78. The maximum atomic E-state index is 12.4. The Balaban J connectivity index is 1.87. The summed E-state index contributed by atoms with van der Waals surface area (Å²) in [5.74, 6) is 0.408. The SMILES string of the molecule is CCCC1=CCC(OC(=O)[C@@H]2C(C=C(C)C)C2(C)C)C1. The van der Waals surface area contributed by atoms with Crippen LogP contribution >= 0.6 is 0 Å². The molecule has 0 radical (unpaired) electrons. The van der Waals surface area contributed by atoms with E-state index in [-0.39, 0.29) is 23.4 Å². The molecule has 0 aromatic rings. The summed E-state index contributed by atoms with van der Waals surface area (Å²) in [6.07, 6.45) is 8.73. The van der Waals surface area contributed by atoms with Gasteiger partial charge in [0.2, 0.25) is 0 Å². The van der Waals surface area contributed by atoms with Crippen LogP contribution in [0.2, 0.25) is 0 Å². The van der Waals surface area contributed by atoms with Crippen molar-refractivity contribution in [2.45, 2.75) is 66.4 Å². The van der Waals surface area contributed by atoms with E-state index in [0.717, 1.165) is 19.3 Å². The molecule has 0 bridgehead atoms. The number of allylic oxidation sites excluding steroid dienone is 2. The van der Waals surface area contributed by atoms with E-state index in [9.17, 15) is 4.79 Å². The Morgan fingerprint density at radius 1 is 1.45 bits per heavy atom. The zero-order valence-corrected chi connectivity index (χ0v) is 13.5. The van der Waals surface area contributed by atoms with Gasteiger partial charge in [0.05, 0.1) is 5.92 Å². The van der Waals surface area contributed by atoms with Gasteiger partial charge in [-0.3, -0.25) is 4.79 Å². The second kappa shape index (κ2) is 5.75. The van der Waals surface area contributed by atoms with E-state index < -0.39 is 0 Å². The molecule has 0 aliphatic heterocycles. The highest BCUT2D eigenvalue weighted by Crippen LogP contribution is 2.60. The molecule has 2 unspecified atom stereocenters. The monoisotopic (exact) mass is 276 g/mol. The number of hydrogen-bond donors (Lipinski definition) is 0. The molecule has 0 spiro atoms. The van der Waals surface area contributed by atoms with Crippen molar-refractivity contribution in [2.24, 2.45) is 17.3 Å². The third-order valence-corrected chi connectivity index (χ3v) is 4.69. The maximum absolute atomic E-state index is 12.4. The van der Waals surface area contributed by atoms with Crippen molar-refractivity contribution in [1.82, 2.24) is 0 Å². The molecule has 3 atom stereocenters. The molecule has 0 N–H and O–H groups in total. The average molecular weight is 276 g/mol. The van der Waals surface area contributed by atoms with E-state index in [1.165, 1.54) is 17.6 Å². The van der Waals surface area contributed by atoms with Crippen molar-refractivity contribution in [1.29, 1.82) is 0 Å². The molecule has 0 amide bonds. The Hall–Kier alpha value is -1.05. The van der Waals surface area contributed by atoms with E-state index in [4.69, 9.17) is 4.74 Å². The van der Waals surface area contributed by atoms with Crippen LogP contribution in [0.3, 0.4) is 0 Å². The molecule has 0 saturated heterocycles. The molecule has 20 heavy (non-hydrogen) atoms. The van der Waals surface area contributed by atoms with Gasteiger partial charge in [-0.2, -0.15) is 0 Å². The first-order valence-electron chi connectivity index (χ1n) is 7.89. The molecule has 112 valence electrons. The lowest BCUT2D eigenvalue weighted by Gasteiger charge is -2.13. The Morgan fingerprint density at radius 3 is 2.75 bits per heavy atom. The second-order valence-electron chi connectivity index (χ2n) is 7.18. The van der Waals surface area contributed by atoms with Crippen LogP contribution < -0.4 is 0 Å². The van der Waals surface area contributed by atoms with Crippen molar-refractivity contribution in [3.05, 3.63) is 23.3 Å². The topological polar surface area (TPSA) is 26.3 Å². The number of carbonyl (C=O) groups excluding carboxylic acids is 1. The van der Waals surface area contributed by atoms with Crippen LogP contribution in [-0.4, -0.2) is 12.1 Å². The first-order chi connectivity index (χ1) is 9.36. The van der Waals surface area contributed by atoms with Crippen molar-refractivity contribution in [2.75, 3.05) is 0 Å². The van der Waals surface area contributed by atoms with Crippen LogP contribution in [0.1, 0.15) is 60.3 Å². The predicted molar refractivity (Wildman–Crippen MR) is 82.3 cm³/mol. The van der Waals surface area contributed by atoms with E-state index in [1.54, 1.807) is 0 Å². The predicted octanol–water partition coefficient (Wildman–Crippen LogP) is 4.66. The summed E-state index contributed by atoms with van der Waals surface area (Å²) in [6.45, 7) is 10.7. The van der Waals surface area contributed by atoms with Crippen LogP contribution in [0.25, 0.3) is 0 Å². The quantitative estimate of drug-likeness (QED) is 0.539. The third-order valence-electron chi connectivity index (χ3n) is 4.69. The molecule has 0 aromatic carbocycles.